The summed E-state index contributed by atoms with van der Waals surface area (Å²) in [6.45, 7) is 5.16. The minimum Gasteiger partial charge on any atom is -0.396 e. The van der Waals surface area contributed by atoms with E-state index in [0.29, 0.717) is 0 Å². The summed E-state index contributed by atoms with van der Waals surface area (Å²) in [7, 11) is 0. The van der Waals surface area contributed by atoms with Gasteiger partial charge in [0.2, 0.25) is 0 Å². The molecule has 0 saturated carbocycles. The molecule has 0 aliphatic heterocycles. The van der Waals surface area contributed by atoms with Crippen LogP contribution in [0.15, 0.2) is 33.2 Å². The van der Waals surface area contributed by atoms with Crippen molar-refractivity contribution >= 4 is 31.9 Å². The molecule has 1 unspecified atom stereocenters. The first-order valence-electron chi connectivity index (χ1n) is 7.21. The lowest BCUT2D eigenvalue weighted by Crippen LogP contribution is -2.12. The summed E-state index contributed by atoms with van der Waals surface area (Å²) in [6, 6.07) is 8.14. The maximum absolute atomic E-state index is 9.79. The van der Waals surface area contributed by atoms with Gasteiger partial charge in [0.15, 0.2) is 0 Å². The van der Waals surface area contributed by atoms with Crippen molar-refractivity contribution in [2.24, 2.45) is 0 Å². The number of hydrogen-bond acceptors (Lipinski definition) is 2. The number of aryl methyl sites for hydroxylation is 2. The average molecular weight is 416 g/mol. The zero-order chi connectivity index (χ0) is 15.4. The van der Waals surface area contributed by atoms with Gasteiger partial charge in [0.25, 0.3) is 0 Å². The van der Waals surface area contributed by atoms with Gasteiger partial charge in [-0.05, 0) is 53.4 Å². The highest BCUT2D eigenvalue weighted by molar-refractivity contribution is 9.10. The summed E-state index contributed by atoms with van der Waals surface area (Å²) in [5, 5.41) is 14.4. The molecule has 1 aromatic carbocycles. The third kappa shape index (κ3) is 3.76. The molecule has 1 heterocycles. The van der Waals surface area contributed by atoms with E-state index in [4.69, 9.17) is 0 Å². The molecule has 0 bridgehead atoms. The predicted molar refractivity (Wildman–Crippen MR) is 92.7 cm³/mol. The van der Waals surface area contributed by atoms with Crippen molar-refractivity contribution in [3.8, 4) is 0 Å². The van der Waals surface area contributed by atoms with Crippen molar-refractivity contribution in [2.75, 3.05) is 6.61 Å². The fraction of sp³-hybridized carbons (Fsp3) is 0.438. The summed E-state index contributed by atoms with van der Waals surface area (Å²) in [6.07, 6.45) is 1.68. The molecule has 2 rings (SSSR count). The van der Waals surface area contributed by atoms with E-state index in [1.54, 1.807) is 0 Å². The van der Waals surface area contributed by atoms with Crippen LogP contribution in [0.3, 0.4) is 0 Å². The van der Waals surface area contributed by atoms with Crippen LogP contribution in [0.5, 0.6) is 0 Å². The number of aliphatic hydroxyl groups is 1. The molecule has 0 radical (unpaired) electrons. The number of rotatable bonds is 6. The molecule has 0 fully saturated rings. The van der Waals surface area contributed by atoms with Crippen LogP contribution in [0, 0.1) is 0 Å². The molecular formula is C16H20Br2N2O. The Balaban J connectivity index is 2.32. The maximum atomic E-state index is 9.79. The lowest BCUT2D eigenvalue weighted by Gasteiger charge is -2.16. The zero-order valence-corrected chi connectivity index (χ0v) is 15.5. The Labute approximate surface area is 142 Å². The van der Waals surface area contributed by atoms with Gasteiger partial charge in [-0.2, -0.15) is 5.10 Å². The fourth-order valence-electron chi connectivity index (χ4n) is 2.49. The van der Waals surface area contributed by atoms with Crippen LogP contribution in [0.25, 0.3) is 0 Å². The van der Waals surface area contributed by atoms with Crippen molar-refractivity contribution in [2.45, 2.75) is 39.2 Å². The van der Waals surface area contributed by atoms with Crippen LogP contribution in [0.4, 0.5) is 0 Å². The van der Waals surface area contributed by atoms with Gasteiger partial charge in [-0.25, -0.2) is 0 Å². The summed E-state index contributed by atoms with van der Waals surface area (Å²) < 4.78 is 4.15. The van der Waals surface area contributed by atoms with Gasteiger partial charge < -0.3 is 5.11 Å². The van der Waals surface area contributed by atoms with Crippen LogP contribution < -0.4 is 0 Å². The molecule has 1 aromatic heterocycles. The van der Waals surface area contributed by atoms with Crippen LogP contribution in [0.2, 0.25) is 0 Å². The van der Waals surface area contributed by atoms with Gasteiger partial charge >= 0.3 is 0 Å². The van der Waals surface area contributed by atoms with E-state index in [1.165, 1.54) is 0 Å². The Morgan fingerprint density at radius 2 is 2.05 bits per heavy atom. The van der Waals surface area contributed by atoms with Gasteiger partial charge in [-0.3, -0.25) is 4.68 Å². The van der Waals surface area contributed by atoms with Gasteiger partial charge in [0.1, 0.15) is 0 Å². The van der Waals surface area contributed by atoms with E-state index in [0.717, 1.165) is 45.3 Å². The Kier molecular flexibility index (Phi) is 6.02. The Morgan fingerprint density at radius 1 is 1.29 bits per heavy atom. The lowest BCUT2D eigenvalue weighted by molar-refractivity contribution is 0.262. The number of nitrogens with zero attached hydrogens (tertiary/aromatic N) is 2. The molecule has 114 valence electrons. The second-order valence-corrected chi connectivity index (χ2v) is 6.72. The van der Waals surface area contributed by atoms with E-state index >= 15 is 0 Å². The average Bonchev–Trinajstić information content (AvgIpc) is 2.80. The summed E-state index contributed by atoms with van der Waals surface area (Å²) >= 11 is 7.17. The summed E-state index contributed by atoms with van der Waals surface area (Å²) in [5.74, 6) is 0.0745. The first-order valence-corrected chi connectivity index (χ1v) is 8.79. The van der Waals surface area contributed by atoms with Crippen molar-refractivity contribution in [1.29, 1.82) is 0 Å². The normalized spacial score (nSPS) is 12.6. The SMILES string of the molecule is CCc1nn(CC)c(CC(CO)c2cccc(Br)c2)c1Br. The first kappa shape index (κ1) is 16.7. The molecule has 0 amide bonds. The summed E-state index contributed by atoms with van der Waals surface area (Å²) in [4.78, 5) is 0. The smallest absolute Gasteiger partial charge is 0.0766 e. The van der Waals surface area contributed by atoms with Crippen LogP contribution in [0.1, 0.15) is 36.7 Å². The van der Waals surface area contributed by atoms with Gasteiger partial charge in [-0.1, -0.05) is 35.0 Å². The lowest BCUT2D eigenvalue weighted by atomic mass is 9.95. The molecule has 5 heteroatoms. The van der Waals surface area contributed by atoms with Gasteiger partial charge in [0, 0.05) is 16.9 Å². The van der Waals surface area contributed by atoms with E-state index < -0.39 is 0 Å². The molecule has 21 heavy (non-hydrogen) atoms. The van der Waals surface area contributed by atoms with E-state index in [2.05, 4.69) is 62.9 Å². The predicted octanol–water partition coefficient (Wildman–Crippen LogP) is 4.31. The fourth-order valence-corrected chi connectivity index (χ4v) is 3.64. The second-order valence-electron chi connectivity index (χ2n) is 5.02. The van der Waals surface area contributed by atoms with Crippen LogP contribution in [-0.2, 0) is 19.4 Å². The van der Waals surface area contributed by atoms with Crippen molar-refractivity contribution < 1.29 is 5.11 Å². The molecular weight excluding hydrogens is 396 g/mol. The molecule has 0 saturated heterocycles. The Morgan fingerprint density at radius 3 is 2.62 bits per heavy atom. The van der Waals surface area contributed by atoms with E-state index in [-0.39, 0.29) is 12.5 Å². The molecule has 3 nitrogen and oxygen atoms in total. The minimum atomic E-state index is 0.0745. The molecule has 1 N–H and O–H groups in total. The molecule has 2 aromatic rings. The number of benzene rings is 1. The van der Waals surface area contributed by atoms with Gasteiger partial charge in [0.05, 0.1) is 22.5 Å². The third-order valence-corrected chi connectivity index (χ3v) is 5.08. The second kappa shape index (κ2) is 7.56. The first-order chi connectivity index (χ1) is 10.1. The highest BCUT2D eigenvalue weighted by atomic mass is 79.9. The van der Waals surface area contributed by atoms with Crippen molar-refractivity contribution in [3.63, 3.8) is 0 Å². The molecule has 0 aliphatic rings. The Hall–Kier alpha value is -0.650. The molecule has 1 atom stereocenters. The van der Waals surface area contributed by atoms with Gasteiger partial charge in [-0.15, -0.1) is 0 Å². The Bertz CT molecular complexity index is 610. The van der Waals surface area contributed by atoms with Crippen LogP contribution >= 0.6 is 31.9 Å². The van der Waals surface area contributed by atoms with Crippen molar-refractivity contribution in [1.82, 2.24) is 9.78 Å². The number of halogens is 2. The third-order valence-electron chi connectivity index (χ3n) is 3.67. The monoisotopic (exact) mass is 414 g/mol. The van der Waals surface area contributed by atoms with E-state index in [1.807, 2.05) is 16.8 Å². The molecule has 0 spiro atoms. The summed E-state index contributed by atoms with van der Waals surface area (Å²) in [5.41, 5.74) is 3.38. The largest absolute Gasteiger partial charge is 0.396 e. The highest BCUT2D eigenvalue weighted by Gasteiger charge is 2.19. The molecule has 0 aliphatic carbocycles. The van der Waals surface area contributed by atoms with Crippen molar-refractivity contribution in [3.05, 3.63) is 50.2 Å². The highest BCUT2D eigenvalue weighted by Crippen LogP contribution is 2.29. The maximum Gasteiger partial charge on any atom is 0.0766 e. The topological polar surface area (TPSA) is 38.0 Å². The van der Waals surface area contributed by atoms with E-state index in [9.17, 15) is 5.11 Å². The quantitative estimate of drug-likeness (QED) is 0.763. The zero-order valence-electron chi connectivity index (χ0n) is 12.3. The number of aliphatic hydroxyl groups excluding tert-OH is 1. The number of aromatic nitrogens is 2. The number of hydrogen-bond donors (Lipinski definition) is 1. The standard InChI is InChI=1S/C16H20Br2N2O/c1-3-14-16(18)15(20(4-2)19-14)9-12(10-21)11-6-5-7-13(17)8-11/h5-8,12,21H,3-4,9-10H2,1-2H3. The van der Waals surface area contributed by atoms with Crippen LogP contribution in [-0.4, -0.2) is 21.5 Å². The minimum absolute atomic E-state index is 0.0745.